The molecule has 0 aromatic carbocycles. The average Bonchev–Trinajstić information content (AvgIpc) is 2.47. The second-order valence-electron chi connectivity index (χ2n) is 6.62. The van der Waals surface area contributed by atoms with E-state index in [-0.39, 0.29) is 17.4 Å². The van der Waals surface area contributed by atoms with Crippen molar-refractivity contribution in [2.24, 2.45) is 5.41 Å². The van der Waals surface area contributed by atoms with Crippen molar-refractivity contribution in [1.29, 1.82) is 0 Å². The molecule has 0 aliphatic heterocycles. The molecule has 116 valence electrons. The summed E-state index contributed by atoms with van der Waals surface area (Å²) in [7, 11) is 0. The molecule has 1 saturated carbocycles. The van der Waals surface area contributed by atoms with E-state index in [1.54, 1.807) is 12.3 Å². The number of rotatable bonds is 5. The minimum Gasteiger partial charge on any atom is -0.370 e. The third-order valence-corrected chi connectivity index (χ3v) is 4.39. The van der Waals surface area contributed by atoms with Gasteiger partial charge in [-0.1, -0.05) is 33.6 Å². The van der Waals surface area contributed by atoms with Gasteiger partial charge in [-0.05, 0) is 36.8 Å². The van der Waals surface area contributed by atoms with Gasteiger partial charge in [0.05, 0.1) is 0 Å². The van der Waals surface area contributed by atoms with Gasteiger partial charge in [-0.3, -0.25) is 4.79 Å². The van der Waals surface area contributed by atoms with Crippen LogP contribution in [0, 0.1) is 5.41 Å². The average molecular weight is 289 g/mol. The maximum Gasteiger partial charge on any atom is 0.251 e. The van der Waals surface area contributed by atoms with Crippen LogP contribution >= 0.6 is 0 Å². The van der Waals surface area contributed by atoms with Crippen molar-refractivity contribution in [3.63, 3.8) is 0 Å². The Morgan fingerprint density at radius 1 is 1.43 bits per heavy atom. The Bertz CT molecular complexity index is 485. The van der Waals surface area contributed by atoms with Crippen LogP contribution in [0.3, 0.4) is 0 Å². The van der Waals surface area contributed by atoms with Gasteiger partial charge in [-0.2, -0.15) is 0 Å². The van der Waals surface area contributed by atoms with Gasteiger partial charge < -0.3 is 10.6 Å². The van der Waals surface area contributed by atoms with Crippen LogP contribution < -0.4 is 10.6 Å². The van der Waals surface area contributed by atoms with E-state index in [1.807, 2.05) is 6.07 Å². The molecule has 1 atom stereocenters. The molecule has 1 aromatic rings. The smallest absolute Gasteiger partial charge is 0.251 e. The number of hydrogen-bond donors (Lipinski definition) is 2. The molecule has 1 unspecified atom stereocenters. The molecule has 0 radical (unpaired) electrons. The van der Waals surface area contributed by atoms with Crippen LogP contribution in [-0.2, 0) is 0 Å². The minimum atomic E-state index is 0.0110. The van der Waals surface area contributed by atoms with E-state index in [2.05, 4.69) is 36.4 Å². The van der Waals surface area contributed by atoms with Crippen LogP contribution in [0.4, 0.5) is 5.82 Å². The quantitative estimate of drug-likeness (QED) is 0.870. The molecule has 4 heteroatoms. The first-order valence-electron chi connectivity index (χ1n) is 8.04. The van der Waals surface area contributed by atoms with Crippen LogP contribution in [0.5, 0.6) is 0 Å². The number of nitrogens with zero attached hydrogens (tertiary/aromatic N) is 1. The van der Waals surface area contributed by atoms with Crippen LogP contribution in [0.2, 0.25) is 0 Å². The zero-order valence-electron chi connectivity index (χ0n) is 13.4. The summed E-state index contributed by atoms with van der Waals surface area (Å²) in [5.41, 5.74) is 0.870. The lowest BCUT2D eigenvalue weighted by Gasteiger charge is -2.39. The Morgan fingerprint density at radius 3 is 2.95 bits per heavy atom. The lowest BCUT2D eigenvalue weighted by Crippen LogP contribution is -2.46. The largest absolute Gasteiger partial charge is 0.370 e. The molecule has 1 aromatic heterocycles. The Morgan fingerprint density at radius 2 is 2.24 bits per heavy atom. The zero-order chi connectivity index (χ0) is 15.3. The molecule has 1 amide bonds. The SMILES string of the molecule is CCCNc1cc(C(=O)NC2CCCCC2(C)C)ccn1. The number of amides is 1. The first kappa shape index (κ1) is 15.8. The van der Waals surface area contributed by atoms with Gasteiger partial charge in [0.15, 0.2) is 0 Å². The van der Waals surface area contributed by atoms with Crippen molar-refractivity contribution in [1.82, 2.24) is 10.3 Å². The van der Waals surface area contributed by atoms with E-state index < -0.39 is 0 Å². The predicted molar refractivity (Wildman–Crippen MR) is 86.5 cm³/mol. The molecule has 1 aliphatic rings. The van der Waals surface area contributed by atoms with E-state index in [1.165, 1.54) is 19.3 Å². The fraction of sp³-hybridized carbons (Fsp3) is 0.647. The van der Waals surface area contributed by atoms with E-state index in [4.69, 9.17) is 0 Å². The number of aromatic nitrogens is 1. The van der Waals surface area contributed by atoms with Gasteiger partial charge in [0.25, 0.3) is 5.91 Å². The van der Waals surface area contributed by atoms with Crippen molar-refractivity contribution in [3.05, 3.63) is 23.9 Å². The number of carbonyl (C=O) groups is 1. The first-order chi connectivity index (χ1) is 10.0. The van der Waals surface area contributed by atoms with Crippen molar-refractivity contribution < 1.29 is 4.79 Å². The highest BCUT2D eigenvalue weighted by Gasteiger charge is 2.33. The summed E-state index contributed by atoms with van der Waals surface area (Å²) in [6.07, 6.45) is 7.45. The Hall–Kier alpha value is -1.58. The number of anilines is 1. The maximum absolute atomic E-state index is 12.5. The topological polar surface area (TPSA) is 54.0 Å². The van der Waals surface area contributed by atoms with Crippen LogP contribution in [0.15, 0.2) is 18.3 Å². The molecule has 21 heavy (non-hydrogen) atoms. The summed E-state index contributed by atoms with van der Waals surface area (Å²) in [4.78, 5) is 16.7. The normalized spacial score (nSPS) is 20.8. The zero-order valence-corrected chi connectivity index (χ0v) is 13.4. The van der Waals surface area contributed by atoms with Crippen molar-refractivity contribution in [3.8, 4) is 0 Å². The molecular weight excluding hydrogens is 262 g/mol. The van der Waals surface area contributed by atoms with Gasteiger partial charge in [0.1, 0.15) is 5.82 Å². The molecule has 1 heterocycles. The molecule has 0 bridgehead atoms. The minimum absolute atomic E-state index is 0.0110. The lowest BCUT2D eigenvalue weighted by molar-refractivity contribution is 0.0853. The standard InChI is InChI=1S/C17H27N3O/c1-4-10-18-15-12-13(8-11-19-15)16(21)20-14-7-5-6-9-17(14,2)3/h8,11-12,14H,4-7,9-10H2,1-3H3,(H,18,19)(H,20,21). The summed E-state index contributed by atoms with van der Waals surface area (Å²) in [6.45, 7) is 7.47. The molecule has 0 saturated heterocycles. The van der Waals surface area contributed by atoms with Crippen LogP contribution in [0.25, 0.3) is 0 Å². The second-order valence-corrected chi connectivity index (χ2v) is 6.62. The summed E-state index contributed by atoms with van der Waals surface area (Å²) < 4.78 is 0. The number of nitrogens with one attached hydrogen (secondary N) is 2. The second kappa shape index (κ2) is 6.92. The van der Waals surface area contributed by atoms with Gasteiger partial charge in [-0.15, -0.1) is 0 Å². The van der Waals surface area contributed by atoms with Gasteiger partial charge in [-0.25, -0.2) is 4.98 Å². The molecular formula is C17H27N3O. The predicted octanol–water partition coefficient (Wildman–Crippen LogP) is 3.60. The summed E-state index contributed by atoms with van der Waals surface area (Å²) in [5.74, 6) is 0.782. The third-order valence-electron chi connectivity index (χ3n) is 4.39. The lowest BCUT2D eigenvalue weighted by atomic mass is 9.73. The van der Waals surface area contributed by atoms with Crippen molar-refractivity contribution in [2.45, 2.75) is 58.9 Å². The summed E-state index contributed by atoms with van der Waals surface area (Å²) >= 11 is 0. The van der Waals surface area contributed by atoms with E-state index in [0.717, 1.165) is 25.2 Å². The molecule has 1 aliphatic carbocycles. The fourth-order valence-corrected chi connectivity index (χ4v) is 2.92. The van der Waals surface area contributed by atoms with Crippen LogP contribution in [0.1, 0.15) is 63.2 Å². The molecule has 1 fully saturated rings. The van der Waals surface area contributed by atoms with E-state index in [0.29, 0.717) is 5.56 Å². The van der Waals surface area contributed by atoms with Gasteiger partial charge in [0.2, 0.25) is 0 Å². The Kier molecular flexibility index (Phi) is 5.21. The highest BCUT2D eigenvalue weighted by molar-refractivity contribution is 5.95. The molecule has 2 N–H and O–H groups in total. The van der Waals surface area contributed by atoms with Gasteiger partial charge >= 0.3 is 0 Å². The molecule has 4 nitrogen and oxygen atoms in total. The van der Waals surface area contributed by atoms with Crippen molar-refractivity contribution in [2.75, 3.05) is 11.9 Å². The number of pyridine rings is 1. The van der Waals surface area contributed by atoms with Crippen LogP contribution in [-0.4, -0.2) is 23.5 Å². The summed E-state index contributed by atoms with van der Waals surface area (Å²) in [5, 5.41) is 6.43. The highest BCUT2D eigenvalue weighted by Crippen LogP contribution is 2.35. The highest BCUT2D eigenvalue weighted by atomic mass is 16.1. The third kappa shape index (κ3) is 4.19. The van der Waals surface area contributed by atoms with Gasteiger partial charge in [0, 0.05) is 24.3 Å². The van der Waals surface area contributed by atoms with E-state index >= 15 is 0 Å². The van der Waals surface area contributed by atoms with Crippen molar-refractivity contribution >= 4 is 11.7 Å². The Balaban J connectivity index is 2.02. The number of hydrogen-bond acceptors (Lipinski definition) is 3. The fourth-order valence-electron chi connectivity index (χ4n) is 2.92. The number of carbonyl (C=O) groups excluding carboxylic acids is 1. The maximum atomic E-state index is 12.5. The summed E-state index contributed by atoms with van der Waals surface area (Å²) in [6, 6.07) is 3.88. The monoisotopic (exact) mass is 289 g/mol. The van der Waals surface area contributed by atoms with E-state index in [9.17, 15) is 4.79 Å². The molecule has 0 spiro atoms. The first-order valence-corrected chi connectivity index (χ1v) is 8.04. The Labute approximate surface area is 127 Å². The molecule has 2 rings (SSSR count).